The van der Waals surface area contributed by atoms with Crippen molar-refractivity contribution in [1.82, 2.24) is 0 Å². The summed E-state index contributed by atoms with van der Waals surface area (Å²) in [6, 6.07) is 31.8. The van der Waals surface area contributed by atoms with E-state index in [1.807, 2.05) is 0 Å². The molecule has 2 unspecified atom stereocenters. The van der Waals surface area contributed by atoms with E-state index in [0.29, 0.717) is 10.5 Å². The van der Waals surface area contributed by atoms with Crippen LogP contribution in [0.2, 0.25) is 0 Å². The van der Waals surface area contributed by atoms with E-state index in [4.69, 9.17) is 0 Å². The Morgan fingerprint density at radius 2 is 1.05 bits per heavy atom. The molecule has 198 valence electrons. The molecule has 0 fully saturated rings. The van der Waals surface area contributed by atoms with Crippen LogP contribution in [0.5, 0.6) is 0 Å². The van der Waals surface area contributed by atoms with Crippen LogP contribution in [0.4, 0.5) is 22.7 Å². The normalized spacial score (nSPS) is 20.6. The van der Waals surface area contributed by atoms with E-state index in [1.54, 1.807) is 0 Å². The van der Waals surface area contributed by atoms with Gasteiger partial charge in [0.25, 0.3) is 0 Å². The van der Waals surface area contributed by atoms with Crippen LogP contribution in [0.3, 0.4) is 0 Å². The zero-order valence-electron chi connectivity index (χ0n) is 23.2. The van der Waals surface area contributed by atoms with Gasteiger partial charge in [-0.1, -0.05) is 84.0 Å². The highest BCUT2D eigenvalue weighted by atomic mass is 32.2. The number of hydrogen-bond donors (Lipinski definition) is 0. The molecule has 4 aliphatic rings. The first kappa shape index (κ1) is 24.1. The average molecular weight is 539 g/mol. The van der Waals surface area contributed by atoms with E-state index < -0.39 is 0 Å². The number of hydrogen-bond acceptors (Lipinski definition) is 3. The lowest BCUT2D eigenvalue weighted by molar-refractivity contribution is 0.766. The third kappa shape index (κ3) is 3.71. The smallest absolute Gasteiger partial charge is 0.0523 e. The summed E-state index contributed by atoms with van der Waals surface area (Å²) in [5.74, 6) is 0. The van der Waals surface area contributed by atoms with Crippen molar-refractivity contribution < 1.29 is 0 Å². The van der Waals surface area contributed by atoms with Crippen molar-refractivity contribution in [3.8, 4) is 0 Å². The molecule has 3 heteroatoms. The molecule has 0 saturated heterocycles. The molecule has 2 atom stereocenters. The minimum atomic E-state index is 0.366. The Labute approximate surface area is 242 Å². The first-order valence-electron chi connectivity index (χ1n) is 14.7. The van der Waals surface area contributed by atoms with Gasteiger partial charge in [0.05, 0.1) is 10.5 Å². The SMILES string of the molecule is CC1=Cc2c(cccc2N2CCCc3ccccc32)C1SC1C(C)=Cc2c1cccc2N1CCc2ccccc21. The second-order valence-corrected chi connectivity index (χ2v) is 12.9. The Kier molecular flexibility index (Phi) is 5.70. The Morgan fingerprint density at radius 3 is 1.65 bits per heavy atom. The molecule has 8 rings (SSSR count). The van der Waals surface area contributed by atoms with E-state index in [9.17, 15) is 0 Å². The third-order valence-electron chi connectivity index (χ3n) is 9.22. The number of nitrogens with zero attached hydrogens (tertiary/aromatic N) is 2. The second-order valence-electron chi connectivity index (χ2n) is 11.6. The number of thioether (sulfide) groups is 1. The van der Waals surface area contributed by atoms with Crippen molar-refractivity contribution in [2.24, 2.45) is 0 Å². The van der Waals surface area contributed by atoms with E-state index in [2.05, 4.69) is 132 Å². The average Bonchev–Trinajstić information content (AvgIpc) is 3.66. The maximum absolute atomic E-state index is 2.56. The predicted octanol–water partition coefficient (Wildman–Crippen LogP) is 9.81. The predicted molar refractivity (Wildman–Crippen MR) is 172 cm³/mol. The Morgan fingerprint density at radius 1 is 0.550 bits per heavy atom. The molecule has 2 aliphatic heterocycles. The first-order chi connectivity index (χ1) is 19.7. The Hall–Kier alpha value is -3.69. The summed E-state index contributed by atoms with van der Waals surface area (Å²) in [7, 11) is 0. The topological polar surface area (TPSA) is 6.48 Å². The van der Waals surface area contributed by atoms with Crippen molar-refractivity contribution in [2.75, 3.05) is 22.9 Å². The van der Waals surface area contributed by atoms with Gasteiger partial charge < -0.3 is 9.80 Å². The quantitative estimate of drug-likeness (QED) is 0.255. The molecule has 0 N–H and O–H groups in total. The van der Waals surface area contributed by atoms with Gasteiger partial charge in [-0.3, -0.25) is 0 Å². The van der Waals surface area contributed by atoms with Gasteiger partial charge in [-0.15, -0.1) is 11.8 Å². The van der Waals surface area contributed by atoms with Crippen molar-refractivity contribution in [3.05, 3.63) is 129 Å². The van der Waals surface area contributed by atoms with Crippen LogP contribution in [0.25, 0.3) is 12.2 Å². The molecule has 0 aromatic heterocycles. The molecule has 40 heavy (non-hydrogen) atoms. The first-order valence-corrected chi connectivity index (χ1v) is 15.6. The lowest BCUT2D eigenvalue weighted by atomic mass is 9.99. The number of anilines is 4. The van der Waals surface area contributed by atoms with E-state index in [1.165, 1.54) is 80.1 Å². The summed E-state index contributed by atoms with van der Waals surface area (Å²) in [5, 5.41) is 0.733. The Bertz CT molecular complexity index is 1710. The molecule has 4 aromatic rings. The Balaban J connectivity index is 1.13. The summed E-state index contributed by atoms with van der Waals surface area (Å²) in [5.41, 5.74) is 17.1. The lowest BCUT2D eigenvalue weighted by Crippen LogP contribution is -2.25. The van der Waals surface area contributed by atoms with Gasteiger partial charge in [0.1, 0.15) is 0 Å². The number of fused-ring (bicyclic) bond motifs is 4. The van der Waals surface area contributed by atoms with E-state index in [-0.39, 0.29) is 0 Å². The van der Waals surface area contributed by atoms with Crippen molar-refractivity contribution in [2.45, 2.75) is 43.6 Å². The van der Waals surface area contributed by atoms with Gasteiger partial charge in [-0.25, -0.2) is 0 Å². The molecule has 2 aliphatic carbocycles. The zero-order chi connectivity index (χ0) is 26.8. The van der Waals surface area contributed by atoms with Gasteiger partial charge in [0.2, 0.25) is 0 Å². The van der Waals surface area contributed by atoms with Crippen LogP contribution in [0, 0.1) is 0 Å². The van der Waals surface area contributed by atoms with Gasteiger partial charge in [-0.05, 0) is 79.6 Å². The fourth-order valence-electron chi connectivity index (χ4n) is 7.35. The highest BCUT2D eigenvalue weighted by Gasteiger charge is 2.34. The molecule has 0 spiro atoms. The molecule has 2 heterocycles. The van der Waals surface area contributed by atoms with Crippen molar-refractivity contribution >= 4 is 46.7 Å². The fourth-order valence-corrected chi connectivity index (χ4v) is 8.89. The highest BCUT2D eigenvalue weighted by molar-refractivity contribution is 8.00. The molecular weight excluding hydrogens is 504 g/mol. The maximum atomic E-state index is 2.56. The van der Waals surface area contributed by atoms with Crippen LogP contribution < -0.4 is 9.80 Å². The summed E-state index contributed by atoms with van der Waals surface area (Å²) < 4.78 is 0. The molecular formula is C37H34N2S. The minimum absolute atomic E-state index is 0.366. The summed E-state index contributed by atoms with van der Waals surface area (Å²) in [4.78, 5) is 5.09. The van der Waals surface area contributed by atoms with Crippen molar-refractivity contribution in [1.29, 1.82) is 0 Å². The van der Waals surface area contributed by atoms with Gasteiger partial charge in [0.15, 0.2) is 0 Å². The summed E-state index contributed by atoms with van der Waals surface area (Å²) in [6.07, 6.45) is 8.42. The monoisotopic (exact) mass is 538 g/mol. The van der Waals surface area contributed by atoms with Gasteiger partial charge >= 0.3 is 0 Å². The van der Waals surface area contributed by atoms with Crippen LogP contribution in [-0.4, -0.2) is 13.1 Å². The maximum Gasteiger partial charge on any atom is 0.0523 e. The van der Waals surface area contributed by atoms with Crippen LogP contribution >= 0.6 is 11.8 Å². The number of aryl methyl sites for hydroxylation is 1. The molecule has 0 amide bonds. The largest absolute Gasteiger partial charge is 0.341 e. The van der Waals surface area contributed by atoms with Crippen LogP contribution in [0.15, 0.2) is 96.1 Å². The molecule has 0 bridgehead atoms. The van der Waals surface area contributed by atoms with Crippen LogP contribution in [0.1, 0.15) is 64.1 Å². The molecule has 0 radical (unpaired) electrons. The van der Waals surface area contributed by atoms with Gasteiger partial charge in [0, 0.05) is 47.0 Å². The highest BCUT2D eigenvalue weighted by Crippen LogP contribution is 2.57. The summed E-state index contributed by atoms with van der Waals surface area (Å²) in [6.45, 7) is 6.80. The molecule has 0 saturated carbocycles. The molecule has 4 aromatic carbocycles. The molecule has 2 nitrogen and oxygen atoms in total. The van der Waals surface area contributed by atoms with E-state index >= 15 is 0 Å². The van der Waals surface area contributed by atoms with Gasteiger partial charge in [-0.2, -0.15) is 0 Å². The standard InChI is InChI=1S/C37H34N2S/c1-24-22-30-28(13-7-17-34(30)38-20-9-12-26-10-3-5-15-32(26)38)36(24)40-37-25(2)23-31-29(37)14-8-18-35(31)39-21-19-27-11-4-6-16-33(27)39/h3-8,10-11,13-18,22-23,36-37H,9,12,19-21H2,1-2H3. The number of benzene rings is 4. The second kappa shape index (κ2) is 9.45. The summed E-state index contributed by atoms with van der Waals surface area (Å²) >= 11 is 2.12. The van der Waals surface area contributed by atoms with E-state index in [0.717, 1.165) is 19.5 Å². The fraction of sp³-hybridized carbons (Fsp3) is 0.243. The van der Waals surface area contributed by atoms with Crippen molar-refractivity contribution in [3.63, 3.8) is 0 Å². The minimum Gasteiger partial charge on any atom is -0.341 e. The zero-order valence-corrected chi connectivity index (χ0v) is 24.0. The third-order valence-corrected chi connectivity index (χ3v) is 11.0. The lowest BCUT2D eigenvalue weighted by Gasteiger charge is -2.33. The number of para-hydroxylation sites is 2. The van der Waals surface area contributed by atoms with Crippen LogP contribution in [-0.2, 0) is 12.8 Å². The number of rotatable bonds is 4.